The Labute approximate surface area is 179 Å². The van der Waals surface area contributed by atoms with Crippen LogP contribution in [0.25, 0.3) is 0 Å². The van der Waals surface area contributed by atoms with E-state index < -0.39 is 39.1 Å². The van der Waals surface area contributed by atoms with Gasteiger partial charge in [-0.2, -0.15) is 13.2 Å². The van der Waals surface area contributed by atoms with Gasteiger partial charge in [-0.05, 0) is 55.7 Å². The number of hydrogen-bond acceptors (Lipinski definition) is 4. The Balaban J connectivity index is 1.68. The summed E-state index contributed by atoms with van der Waals surface area (Å²) in [5.41, 5.74) is -0.160. The number of nitrogens with zero attached hydrogens (tertiary/aromatic N) is 1. The molecule has 1 atom stereocenters. The van der Waals surface area contributed by atoms with Crippen LogP contribution in [0.5, 0.6) is 5.75 Å². The van der Waals surface area contributed by atoms with E-state index in [0.29, 0.717) is 19.2 Å². The summed E-state index contributed by atoms with van der Waals surface area (Å²) < 4.78 is 71.0. The van der Waals surface area contributed by atoms with E-state index in [1.807, 2.05) is 31.2 Å². The molecule has 168 valence electrons. The molecule has 0 saturated carbocycles. The lowest BCUT2D eigenvalue weighted by Crippen LogP contribution is -2.39. The number of nitrogens with one attached hydrogen (secondary N) is 1. The molecule has 6 nitrogen and oxygen atoms in total. The number of benzene rings is 2. The van der Waals surface area contributed by atoms with Crippen LogP contribution in [-0.2, 0) is 21.0 Å². The normalized spacial score (nSPS) is 17.0. The highest BCUT2D eigenvalue weighted by Gasteiger charge is 2.33. The van der Waals surface area contributed by atoms with E-state index in [4.69, 9.17) is 4.74 Å². The van der Waals surface area contributed by atoms with Crippen LogP contribution in [0.3, 0.4) is 0 Å². The lowest BCUT2D eigenvalue weighted by atomic mass is 10.0. The largest absolute Gasteiger partial charge is 0.494 e. The number of likely N-dealkylation sites (tertiary alicyclic amines) is 1. The van der Waals surface area contributed by atoms with Crippen molar-refractivity contribution in [1.29, 1.82) is 0 Å². The van der Waals surface area contributed by atoms with Crippen molar-refractivity contribution in [2.24, 2.45) is 0 Å². The van der Waals surface area contributed by atoms with Crippen LogP contribution >= 0.6 is 0 Å². The van der Waals surface area contributed by atoms with Crippen molar-refractivity contribution in [1.82, 2.24) is 9.62 Å². The molecular formula is C21H23F3N2O4S. The topological polar surface area (TPSA) is 75.7 Å². The number of carbonyl (C=O) groups is 1. The second-order valence-corrected chi connectivity index (χ2v) is 8.86. The first-order valence-corrected chi connectivity index (χ1v) is 11.3. The van der Waals surface area contributed by atoms with E-state index in [1.54, 1.807) is 4.90 Å². The van der Waals surface area contributed by atoms with E-state index in [-0.39, 0.29) is 6.04 Å². The monoisotopic (exact) mass is 456 g/mol. The third kappa shape index (κ3) is 5.56. The highest BCUT2D eigenvalue weighted by atomic mass is 32.2. The molecule has 0 aliphatic carbocycles. The first kappa shape index (κ1) is 23.1. The van der Waals surface area contributed by atoms with Gasteiger partial charge < -0.3 is 9.64 Å². The van der Waals surface area contributed by atoms with Gasteiger partial charge in [0.1, 0.15) is 5.75 Å². The summed E-state index contributed by atoms with van der Waals surface area (Å²) in [6, 6.07) is 10.6. The Morgan fingerprint density at radius 3 is 2.55 bits per heavy atom. The number of amides is 1. The predicted molar refractivity (Wildman–Crippen MR) is 108 cm³/mol. The summed E-state index contributed by atoms with van der Waals surface area (Å²) >= 11 is 0. The minimum absolute atomic E-state index is 0.193. The molecule has 3 rings (SSSR count). The molecule has 1 aliphatic heterocycles. The van der Waals surface area contributed by atoms with Gasteiger partial charge >= 0.3 is 6.18 Å². The maximum absolute atomic E-state index is 12.9. The van der Waals surface area contributed by atoms with Crippen LogP contribution in [0.2, 0.25) is 0 Å². The molecule has 31 heavy (non-hydrogen) atoms. The van der Waals surface area contributed by atoms with Crippen molar-refractivity contribution in [3.8, 4) is 5.75 Å². The number of sulfonamides is 1. The molecule has 0 bridgehead atoms. The molecule has 1 heterocycles. The number of halogens is 3. The molecule has 1 saturated heterocycles. The smallest absolute Gasteiger partial charge is 0.416 e. The van der Waals surface area contributed by atoms with Gasteiger partial charge in [0.05, 0.1) is 29.7 Å². The van der Waals surface area contributed by atoms with Crippen molar-refractivity contribution in [3.63, 3.8) is 0 Å². The number of ether oxygens (including phenoxy) is 1. The molecule has 1 N–H and O–H groups in total. The molecule has 1 aliphatic rings. The van der Waals surface area contributed by atoms with Gasteiger partial charge in [-0.25, -0.2) is 13.1 Å². The fourth-order valence-corrected chi connectivity index (χ4v) is 4.57. The number of rotatable bonds is 7. The molecule has 1 unspecified atom stereocenters. The van der Waals surface area contributed by atoms with Crippen LogP contribution in [0.1, 0.15) is 36.9 Å². The van der Waals surface area contributed by atoms with Crippen LogP contribution in [-0.4, -0.2) is 38.9 Å². The third-order valence-electron chi connectivity index (χ3n) is 5.03. The Bertz CT molecular complexity index is 1020. The van der Waals surface area contributed by atoms with Crippen molar-refractivity contribution in [2.45, 2.75) is 36.9 Å². The maximum Gasteiger partial charge on any atom is 0.416 e. The van der Waals surface area contributed by atoms with Gasteiger partial charge in [-0.15, -0.1) is 0 Å². The summed E-state index contributed by atoms with van der Waals surface area (Å²) in [6.07, 6.45) is -3.16. The van der Waals surface area contributed by atoms with Gasteiger partial charge in [0.2, 0.25) is 15.9 Å². The summed E-state index contributed by atoms with van der Waals surface area (Å²) in [4.78, 5) is 13.7. The zero-order valence-electron chi connectivity index (χ0n) is 16.9. The van der Waals surface area contributed by atoms with Gasteiger partial charge in [-0.1, -0.05) is 18.2 Å². The first-order chi connectivity index (χ1) is 14.6. The van der Waals surface area contributed by atoms with Crippen molar-refractivity contribution >= 4 is 15.9 Å². The van der Waals surface area contributed by atoms with E-state index in [0.717, 1.165) is 42.4 Å². The molecule has 2 aromatic carbocycles. The summed E-state index contributed by atoms with van der Waals surface area (Å²) in [7, 11) is -4.28. The number of carbonyl (C=O) groups excluding carboxylic acids is 1. The minimum atomic E-state index is -4.66. The second kappa shape index (κ2) is 9.27. The Kier molecular flexibility index (Phi) is 6.90. The van der Waals surface area contributed by atoms with E-state index in [1.165, 1.54) is 0 Å². The Morgan fingerprint density at radius 1 is 1.19 bits per heavy atom. The fourth-order valence-electron chi connectivity index (χ4n) is 3.55. The molecule has 0 spiro atoms. The van der Waals surface area contributed by atoms with Crippen LogP contribution in [0.4, 0.5) is 13.2 Å². The van der Waals surface area contributed by atoms with Crippen LogP contribution in [0.15, 0.2) is 53.4 Å². The molecule has 10 heteroatoms. The minimum Gasteiger partial charge on any atom is -0.494 e. The Morgan fingerprint density at radius 2 is 1.90 bits per heavy atom. The molecule has 1 amide bonds. The quantitative estimate of drug-likeness (QED) is 0.689. The lowest BCUT2D eigenvalue weighted by Gasteiger charge is -2.25. The predicted octanol–water partition coefficient (Wildman–Crippen LogP) is 3.75. The average Bonchev–Trinajstić information content (AvgIpc) is 3.22. The van der Waals surface area contributed by atoms with Crippen LogP contribution < -0.4 is 9.46 Å². The zero-order valence-corrected chi connectivity index (χ0v) is 17.7. The molecular weight excluding hydrogens is 433 g/mol. The average molecular weight is 456 g/mol. The number of alkyl halides is 3. The van der Waals surface area contributed by atoms with E-state index in [9.17, 15) is 26.4 Å². The van der Waals surface area contributed by atoms with Crippen LogP contribution in [0, 0.1) is 0 Å². The second-order valence-electron chi connectivity index (χ2n) is 7.10. The number of hydrogen-bond donors (Lipinski definition) is 1. The van der Waals surface area contributed by atoms with E-state index in [2.05, 4.69) is 4.72 Å². The first-order valence-electron chi connectivity index (χ1n) is 9.81. The SMILES string of the molecule is CCOc1ccc(C2CCCN2C(=O)CNS(=O)(=O)c2cccc(C(F)(F)F)c2)cc1. The summed E-state index contributed by atoms with van der Waals surface area (Å²) in [6.45, 7) is 2.36. The Hall–Kier alpha value is -2.59. The van der Waals surface area contributed by atoms with Gasteiger partial charge in [0, 0.05) is 6.54 Å². The lowest BCUT2D eigenvalue weighted by molar-refractivity contribution is -0.137. The summed E-state index contributed by atoms with van der Waals surface area (Å²) in [5.74, 6) is 0.280. The highest BCUT2D eigenvalue weighted by molar-refractivity contribution is 7.89. The van der Waals surface area contributed by atoms with Crippen molar-refractivity contribution in [2.75, 3.05) is 19.7 Å². The van der Waals surface area contributed by atoms with Crippen molar-refractivity contribution < 1.29 is 31.1 Å². The summed E-state index contributed by atoms with van der Waals surface area (Å²) in [5, 5.41) is 0. The molecule has 1 fully saturated rings. The van der Waals surface area contributed by atoms with Gasteiger partial charge in [0.25, 0.3) is 0 Å². The third-order valence-corrected chi connectivity index (χ3v) is 6.43. The van der Waals surface area contributed by atoms with Gasteiger partial charge in [0.15, 0.2) is 0 Å². The molecule has 2 aromatic rings. The van der Waals surface area contributed by atoms with E-state index >= 15 is 0 Å². The molecule has 0 aromatic heterocycles. The maximum atomic E-state index is 12.9. The van der Waals surface area contributed by atoms with Gasteiger partial charge in [-0.3, -0.25) is 4.79 Å². The molecule has 0 radical (unpaired) electrons. The highest BCUT2D eigenvalue weighted by Crippen LogP contribution is 2.33. The zero-order chi connectivity index (χ0) is 22.6. The fraction of sp³-hybridized carbons (Fsp3) is 0.381. The van der Waals surface area contributed by atoms with Crippen molar-refractivity contribution in [3.05, 3.63) is 59.7 Å². The standard InChI is InChI=1S/C21H23F3N2O4S/c1-2-30-17-10-8-15(9-11-17)19-7-4-12-26(19)20(27)14-25-31(28,29)18-6-3-5-16(13-18)21(22,23)24/h3,5-6,8-11,13,19,25H,2,4,7,12,14H2,1H3.